The van der Waals surface area contributed by atoms with E-state index in [-0.39, 0.29) is 7.43 Å². The quantitative estimate of drug-likeness (QED) is 0.445. The van der Waals surface area contributed by atoms with E-state index >= 15 is 0 Å². The fourth-order valence-electron chi connectivity index (χ4n) is 1.03. The first kappa shape index (κ1) is 23.2. The molecule has 2 heteroatoms. The Morgan fingerprint density at radius 2 is 1.28 bits per heavy atom. The van der Waals surface area contributed by atoms with Crippen LogP contribution in [0.1, 0.15) is 40.5 Å². The van der Waals surface area contributed by atoms with Crippen LogP contribution in [0.15, 0.2) is 35.5 Å². The fourth-order valence-corrected chi connectivity index (χ4v) is 1.03. The van der Waals surface area contributed by atoms with Crippen molar-refractivity contribution in [2.75, 3.05) is 0 Å². The third-order valence-electron chi connectivity index (χ3n) is 1.73. The molecule has 0 amide bonds. The normalized spacial score (nSPS) is 13.5. The van der Waals surface area contributed by atoms with Crippen LogP contribution in [0.3, 0.4) is 0 Å². The maximum atomic E-state index is 3.12. The molecule has 0 aliphatic heterocycles. The van der Waals surface area contributed by atoms with Crippen molar-refractivity contribution in [3.8, 4) is 0 Å². The van der Waals surface area contributed by atoms with Gasteiger partial charge >= 0.3 is 30.2 Å². The van der Waals surface area contributed by atoms with Crippen LogP contribution in [-0.2, 0) is 23.3 Å². The van der Waals surface area contributed by atoms with Crippen molar-refractivity contribution in [3.05, 3.63) is 61.4 Å². The predicted molar refractivity (Wildman–Crippen MR) is 80.2 cm³/mol. The SMILES string of the molecule is CC1=[C-]CC=C1.CC1=[C-]CC=C1.C[CH-]C.[CH3-].[Si]=[Zr]. The number of hydrogen-bond donors (Lipinski definition) is 0. The van der Waals surface area contributed by atoms with Gasteiger partial charge in [0.05, 0.1) is 0 Å². The Bertz CT molecular complexity index is 252. The van der Waals surface area contributed by atoms with Gasteiger partial charge in [-0.05, 0) is 0 Å². The molecule has 0 saturated carbocycles. The van der Waals surface area contributed by atoms with Gasteiger partial charge in [-0.2, -0.15) is 26.0 Å². The minimum absolute atomic E-state index is 0. The number of hydrogen-bond acceptors (Lipinski definition) is 0. The summed E-state index contributed by atoms with van der Waals surface area (Å²) < 4.78 is 0. The topological polar surface area (TPSA) is 0 Å². The molecule has 0 saturated heterocycles. The van der Waals surface area contributed by atoms with Gasteiger partial charge in [0, 0.05) is 0 Å². The zero-order chi connectivity index (χ0) is 13.5. The van der Waals surface area contributed by atoms with Crippen molar-refractivity contribution in [2.45, 2.75) is 40.5 Å². The Labute approximate surface area is 132 Å². The molecule has 0 aromatic heterocycles. The maximum absolute atomic E-state index is 3.12. The van der Waals surface area contributed by atoms with Gasteiger partial charge in [-0.15, -0.1) is 12.8 Å². The van der Waals surface area contributed by atoms with E-state index in [9.17, 15) is 0 Å². The third kappa shape index (κ3) is 18.4. The van der Waals surface area contributed by atoms with E-state index in [1.54, 1.807) is 0 Å². The standard InChI is InChI=1S/2C6H7.C3H7.CH3.Si.Zr/c2*1-6-4-2-3-5-6;1-3-2;;;/h2*2,4H,3H2,1H3;3H,1-2H3;1H3;;/q4*-1;;. The molecular weight excluding hydrogens is 311 g/mol. The molecule has 0 aromatic carbocycles. The first-order chi connectivity index (χ1) is 8.20. The molecule has 0 fully saturated rings. The van der Waals surface area contributed by atoms with Crippen LogP contribution in [0.4, 0.5) is 0 Å². The second kappa shape index (κ2) is 19.4. The summed E-state index contributed by atoms with van der Waals surface area (Å²) in [6.45, 7) is 11.2. The van der Waals surface area contributed by atoms with E-state index in [1.807, 2.05) is 20.3 Å². The van der Waals surface area contributed by atoms with Crippen molar-refractivity contribution in [3.63, 3.8) is 0 Å². The van der Waals surface area contributed by atoms with Gasteiger partial charge < -0.3 is 13.8 Å². The van der Waals surface area contributed by atoms with Gasteiger partial charge in [-0.25, -0.2) is 23.3 Å². The molecule has 0 unspecified atom stereocenters. The fraction of sp³-hybridized carbons (Fsp3) is 0.375. The summed E-state index contributed by atoms with van der Waals surface area (Å²) in [4.78, 5) is 0. The average molecular weight is 336 g/mol. The van der Waals surface area contributed by atoms with Gasteiger partial charge in [-0.1, -0.05) is 13.8 Å². The van der Waals surface area contributed by atoms with Gasteiger partial charge in [-0.3, -0.25) is 12.2 Å². The molecule has 2 rings (SSSR count). The zero-order valence-electron chi connectivity index (χ0n) is 12.3. The summed E-state index contributed by atoms with van der Waals surface area (Å²) in [5.74, 6) is 0. The Balaban J connectivity index is -0.000000179. The average Bonchev–Trinajstić information content (AvgIpc) is 2.97. The first-order valence-corrected chi connectivity index (χ1v) is 9.86. The van der Waals surface area contributed by atoms with E-state index in [1.165, 1.54) is 34.5 Å². The van der Waals surface area contributed by atoms with E-state index in [0.717, 1.165) is 12.8 Å². The van der Waals surface area contributed by atoms with Crippen LogP contribution in [0.25, 0.3) is 0 Å². The molecule has 0 spiro atoms. The van der Waals surface area contributed by atoms with Crippen LogP contribution < -0.4 is 0 Å². The van der Waals surface area contributed by atoms with E-state index < -0.39 is 0 Å². The van der Waals surface area contributed by atoms with Crippen LogP contribution in [-0.4, -0.2) is 6.88 Å². The number of allylic oxidation sites excluding steroid dienone is 8. The summed E-state index contributed by atoms with van der Waals surface area (Å²) in [6, 6.07) is 0. The Morgan fingerprint density at radius 1 is 1.00 bits per heavy atom. The molecule has 0 N–H and O–H groups in total. The summed E-state index contributed by atoms with van der Waals surface area (Å²) in [7, 11) is 0. The summed E-state index contributed by atoms with van der Waals surface area (Å²) in [5.41, 5.74) is 2.55. The second-order valence-corrected chi connectivity index (χ2v) is 3.51. The van der Waals surface area contributed by atoms with E-state index in [4.69, 9.17) is 0 Å². The van der Waals surface area contributed by atoms with Crippen molar-refractivity contribution >= 4 is 6.88 Å². The third-order valence-corrected chi connectivity index (χ3v) is 1.73. The molecule has 0 bridgehead atoms. The molecule has 0 heterocycles. The molecule has 18 heavy (non-hydrogen) atoms. The van der Waals surface area contributed by atoms with Crippen LogP contribution in [0.5, 0.6) is 0 Å². The van der Waals surface area contributed by atoms with Crippen LogP contribution >= 0.6 is 0 Å². The second-order valence-electron chi connectivity index (χ2n) is 3.51. The Kier molecular flexibility index (Phi) is 25.0. The van der Waals surface area contributed by atoms with Gasteiger partial charge in [0.25, 0.3) is 0 Å². The Hall–Kier alpha value is 0.0600. The summed E-state index contributed by atoms with van der Waals surface area (Å²) >= 11 is 1.36. The van der Waals surface area contributed by atoms with Gasteiger partial charge in [0.1, 0.15) is 0 Å². The van der Waals surface area contributed by atoms with E-state index in [0.29, 0.717) is 0 Å². The molecule has 2 radical (unpaired) electrons. The van der Waals surface area contributed by atoms with Crippen molar-refractivity contribution in [1.29, 1.82) is 0 Å². The summed E-state index contributed by atoms with van der Waals surface area (Å²) in [5, 5.41) is 0. The predicted octanol–water partition coefficient (Wildman–Crippen LogP) is 4.69. The molecule has 2 aliphatic carbocycles. The van der Waals surface area contributed by atoms with Gasteiger partial charge in [0.15, 0.2) is 0 Å². The Morgan fingerprint density at radius 3 is 1.33 bits per heavy atom. The number of rotatable bonds is 0. The molecule has 2 aliphatic rings. The molecule has 0 aromatic rings. The van der Waals surface area contributed by atoms with E-state index in [2.05, 4.69) is 57.2 Å². The molecular formula is C16H24SiZr-4. The molecule has 100 valence electrons. The summed E-state index contributed by atoms with van der Waals surface area (Å²) in [6.07, 6.45) is 18.7. The molecule has 0 nitrogen and oxygen atoms in total. The van der Waals surface area contributed by atoms with Crippen molar-refractivity contribution in [2.24, 2.45) is 0 Å². The molecule has 0 atom stereocenters. The van der Waals surface area contributed by atoms with Crippen LogP contribution in [0.2, 0.25) is 0 Å². The van der Waals surface area contributed by atoms with Gasteiger partial charge in [0.2, 0.25) is 0 Å². The van der Waals surface area contributed by atoms with Crippen LogP contribution in [0, 0.1) is 26.0 Å². The monoisotopic (exact) mass is 334 g/mol. The van der Waals surface area contributed by atoms with Crippen molar-refractivity contribution in [1.82, 2.24) is 0 Å². The first-order valence-electron chi connectivity index (χ1n) is 5.67. The zero-order valence-corrected chi connectivity index (χ0v) is 15.8. The minimum atomic E-state index is 0. The van der Waals surface area contributed by atoms with Crippen molar-refractivity contribution < 1.29 is 23.3 Å².